The van der Waals surface area contributed by atoms with Gasteiger partial charge in [0.05, 0.1) is 6.54 Å². The molecule has 1 amide bonds. The van der Waals surface area contributed by atoms with E-state index in [9.17, 15) is 13.6 Å². The van der Waals surface area contributed by atoms with E-state index in [4.69, 9.17) is 0 Å². The lowest BCUT2D eigenvalue weighted by Crippen LogP contribution is -2.41. The van der Waals surface area contributed by atoms with Crippen molar-refractivity contribution >= 4 is 11.6 Å². The molecule has 1 aliphatic rings. The number of hydrogen-bond acceptors (Lipinski definition) is 2. The van der Waals surface area contributed by atoms with Gasteiger partial charge in [-0.1, -0.05) is 24.3 Å². The van der Waals surface area contributed by atoms with Crippen molar-refractivity contribution in [1.29, 1.82) is 0 Å². The van der Waals surface area contributed by atoms with Crippen molar-refractivity contribution in [2.75, 3.05) is 18.0 Å². The van der Waals surface area contributed by atoms with Gasteiger partial charge in [-0.15, -0.1) is 0 Å². The molecule has 0 unspecified atom stereocenters. The first-order valence-corrected chi connectivity index (χ1v) is 7.68. The number of halogens is 2. The van der Waals surface area contributed by atoms with Crippen LogP contribution in [0.4, 0.5) is 14.5 Å². The van der Waals surface area contributed by atoms with Crippen molar-refractivity contribution in [3.8, 4) is 0 Å². The van der Waals surface area contributed by atoms with Gasteiger partial charge in [0, 0.05) is 24.3 Å². The Morgan fingerprint density at radius 2 is 1.83 bits per heavy atom. The van der Waals surface area contributed by atoms with Crippen LogP contribution in [-0.2, 0) is 17.8 Å². The number of carbonyl (C=O) groups is 1. The Balaban J connectivity index is 1.63. The highest BCUT2D eigenvalue weighted by Crippen LogP contribution is 2.26. The quantitative estimate of drug-likeness (QED) is 0.940. The molecule has 2 aromatic rings. The molecule has 5 heteroatoms. The molecule has 120 valence electrons. The molecule has 23 heavy (non-hydrogen) atoms. The minimum atomic E-state index is -0.603. The third-order valence-electron chi connectivity index (χ3n) is 4.05. The number of para-hydroxylation sites is 1. The first-order chi connectivity index (χ1) is 11.2. The van der Waals surface area contributed by atoms with Gasteiger partial charge in [0.2, 0.25) is 5.91 Å². The molecule has 0 aliphatic carbocycles. The van der Waals surface area contributed by atoms with E-state index in [1.54, 1.807) is 4.90 Å². The summed E-state index contributed by atoms with van der Waals surface area (Å²) in [6.07, 6.45) is 1.89. The fraction of sp³-hybridized carbons (Fsp3) is 0.278. The fourth-order valence-corrected chi connectivity index (χ4v) is 2.88. The van der Waals surface area contributed by atoms with Gasteiger partial charge in [0.1, 0.15) is 11.6 Å². The maximum atomic E-state index is 13.6. The second kappa shape index (κ2) is 6.87. The zero-order chi connectivity index (χ0) is 16.2. The van der Waals surface area contributed by atoms with Gasteiger partial charge in [-0.05, 0) is 36.6 Å². The largest absolute Gasteiger partial charge is 0.311 e. The fourth-order valence-electron chi connectivity index (χ4n) is 2.88. The average molecular weight is 316 g/mol. The third kappa shape index (κ3) is 3.40. The Kier molecular flexibility index (Phi) is 4.67. The molecule has 0 bridgehead atoms. The van der Waals surface area contributed by atoms with Crippen molar-refractivity contribution in [2.24, 2.45) is 0 Å². The van der Waals surface area contributed by atoms with E-state index >= 15 is 0 Å². The summed E-state index contributed by atoms with van der Waals surface area (Å²) in [6, 6.07) is 11.6. The zero-order valence-corrected chi connectivity index (χ0v) is 12.7. The molecule has 0 saturated carbocycles. The topological polar surface area (TPSA) is 32.3 Å². The van der Waals surface area contributed by atoms with Crippen LogP contribution in [0.1, 0.15) is 17.5 Å². The first kappa shape index (κ1) is 15.6. The molecular weight excluding hydrogens is 298 g/mol. The molecule has 0 atom stereocenters. The second-order valence-corrected chi connectivity index (χ2v) is 5.58. The zero-order valence-electron chi connectivity index (χ0n) is 12.7. The van der Waals surface area contributed by atoms with Crippen LogP contribution < -0.4 is 10.2 Å². The molecule has 2 aromatic carbocycles. The van der Waals surface area contributed by atoms with Crippen LogP contribution in [0.3, 0.4) is 0 Å². The number of nitrogens with zero attached hydrogens (tertiary/aromatic N) is 1. The Labute approximate surface area is 133 Å². The molecule has 3 rings (SSSR count). The number of carbonyl (C=O) groups excluding carboxylic acids is 1. The normalized spacial score (nSPS) is 13.7. The van der Waals surface area contributed by atoms with Crippen molar-refractivity contribution < 1.29 is 13.6 Å². The van der Waals surface area contributed by atoms with Gasteiger partial charge in [-0.2, -0.15) is 0 Å². The first-order valence-electron chi connectivity index (χ1n) is 7.68. The van der Waals surface area contributed by atoms with E-state index in [1.165, 1.54) is 18.2 Å². The highest BCUT2D eigenvalue weighted by Gasteiger charge is 2.21. The van der Waals surface area contributed by atoms with Crippen LogP contribution in [0.15, 0.2) is 42.5 Å². The summed E-state index contributed by atoms with van der Waals surface area (Å²) in [5.74, 6) is -1.30. The predicted octanol–water partition coefficient (Wildman–Crippen LogP) is 3.03. The summed E-state index contributed by atoms with van der Waals surface area (Å²) in [4.78, 5) is 14.1. The number of aryl methyl sites for hydroxylation is 1. The van der Waals surface area contributed by atoms with Crippen LogP contribution in [-0.4, -0.2) is 19.0 Å². The van der Waals surface area contributed by atoms with Gasteiger partial charge >= 0.3 is 0 Å². The van der Waals surface area contributed by atoms with Crippen molar-refractivity contribution in [1.82, 2.24) is 5.32 Å². The minimum absolute atomic E-state index is 0.0142. The molecule has 0 aromatic heterocycles. The lowest BCUT2D eigenvalue weighted by Gasteiger charge is -2.29. The van der Waals surface area contributed by atoms with Gasteiger partial charge < -0.3 is 10.2 Å². The maximum Gasteiger partial charge on any atom is 0.240 e. The summed E-state index contributed by atoms with van der Waals surface area (Å²) < 4.78 is 27.1. The van der Waals surface area contributed by atoms with Gasteiger partial charge in [-0.25, -0.2) is 8.78 Å². The lowest BCUT2D eigenvalue weighted by atomic mass is 10.0. The Morgan fingerprint density at radius 1 is 1.09 bits per heavy atom. The Hall–Kier alpha value is -2.27. The summed E-state index contributed by atoms with van der Waals surface area (Å²) in [6.45, 7) is 0.702. The van der Waals surface area contributed by atoms with Crippen LogP contribution in [0.5, 0.6) is 0 Å². The Bertz CT molecular complexity index is 698. The highest BCUT2D eigenvalue weighted by atomic mass is 19.1. The number of amides is 1. The van der Waals surface area contributed by atoms with Crippen molar-refractivity contribution in [3.63, 3.8) is 0 Å². The maximum absolute atomic E-state index is 13.6. The summed E-state index contributed by atoms with van der Waals surface area (Å²) in [7, 11) is 0. The molecular formula is C18H18F2N2O. The molecule has 0 fully saturated rings. The minimum Gasteiger partial charge on any atom is -0.311 e. The monoisotopic (exact) mass is 316 g/mol. The third-order valence-corrected chi connectivity index (χ3v) is 4.05. The number of benzene rings is 2. The standard InChI is InChI=1S/C18H18F2N2O/c19-15-7-3-8-16(20)14(15)11-21-12-18(23)22-10-4-6-13-5-1-2-9-17(13)22/h1-3,5,7-9,21H,4,6,10-12H2. The second-order valence-electron chi connectivity index (χ2n) is 5.58. The average Bonchev–Trinajstić information content (AvgIpc) is 2.57. The van der Waals surface area contributed by atoms with E-state index in [1.807, 2.05) is 24.3 Å². The van der Waals surface area contributed by atoms with E-state index in [2.05, 4.69) is 5.32 Å². The highest BCUT2D eigenvalue weighted by molar-refractivity contribution is 5.95. The molecule has 1 aliphatic heterocycles. The molecule has 0 spiro atoms. The van der Waals surface area contributed by atoms with E-state index in [-0.39, 0.29) is 24.6 Å². The van der Waals surface area contributed by atoms with Crippen molar-refractivity contribution in [2.45, 2.75) is 19.4 Å². The van der Waals surface area contributed by atoms with E-state index < -0.39 is 11.6 Å². The van der Waals surface area contributed by atoms with Gasteiger partial charge in [-0.3, -0.25) is 4.79 Å². The van der Waals surface area contributed by atoms with Crippen LogP contribution in [0.2, 0.25) is 0 Å². The molecule has 0 saturated heterocycles. The smallest absolute Gasteiger partial charge is 0.240 e. The van der Waals surface area contributed by atoms with Crippen molar-refractivity contribution in [3.05, 3.63) is 65.2 Å². The lowest BCUT2D eigenvalue weighted by molar-refractivity contribution is -0.117. The van der Waals surface area contributed by atoms with Crippen LogP contribution >= 0.6 is 0 Å². The van der Waals surface area contributed by atoms with Gasteiger partial charge in [0.15, 0.2) is 0 Å². The van der Waals surface area contributed by atoms with Crippen LogP contribution in [0.25, 0.3) is 0 Å². The number of rotatable bonds is 4. The van der Waals surface area contributed by atoms with Crippen LogP contribution in [0, 0.1) is 11.6 Å². The number of anilines is 1. The molecule has 3 nitrogen and oxygen atoms in total. The predicted molar refractivity (Wildman–Crippen MR) is 85.2 cm³/mol. The van der Waals surface area contributed by atoms with E-state index in [0.29, 0.717) is 6.54 Å². The summed E-state index contributed by atoms with van der Waals surface area (Å²) in [5.41, 5.74) is 2.05. The molecule has 0 radical (unpaired) electrons. The molecule has 1 heterocycles. The number of nitrogens with one attached hydrogen (secondary N) is 1. The van der Waals surface area contributed by atoms with Gasteiger partial charge in [0.25, 0.3) is 0 Å². The molecule has 1 N–H and O–H groups in total. The van der Waals surface area contributed by atoms with E-state index in [0.717, 1.165) is 24.1 Å². The summed E-state index contributed by atoms with van der Waals surface area (Å²) >= 11 is 0. The Morgan fingerprint density at radius 3 is 2.61 bits per heavy atom. The number of fused-ring (bicyclic) bond motifs is 1. The SMILES string of the molecule is O=C(CNCc1c(F)cccc1F)N1CCCc2ccccc21. The summed E-state index contributed by atoms with van der Waals surface area (Å²) in [5, 5.41) is 2.84. The number of hydrogen-bond donors (Lipinski definition) is 1.